The number of aldehydes is 1. The molecule has 0 bridgehead atoms. The highest BCUT2D eigenvalue weighted by molar-refractivity contribution is 6.02. The quantitative estimate of drug-likeness (QED) is 0.216. The Labute approximate surface area is 217 Å². The SMILES string of the molecule is CC(C)(CNC(=O)c1cc(C=O)ccc1-c1ccccc1)COC(=O)c1ccc(-c2ccccc2)cc1. The van der Waals surface area contributed by atoms with Crippen molar-refractivity contribution in [2.75, 3.05) is 13.2 Å². The second-order valence-electron chi connectivity index (χ2n) is 9.66. The zero-order valence-electron chi connectivity index (χ0n) is 20.9. The fourth-order valence-corrected chi connectivity index (χ4v) is 3.93. The Morgan fingerprint density at radius 2 is 1.38 bits per heavy atom. The van der Waals surface area contributed by atoms with Crippen LogP contribution in [-0.2, 0) is 4.74 Å². The minimum Gasteiger partial charge on any atom is -0.461 e. The fourth-order valence-electron chi connectivity index (χ4n) is 3.93. The Hall–Kier alpha value is -4.51. The van der Waals surface area contributed by atoms with E-state index in [4.69, 9.17) is 4.74 Å². The van der Waals surface area contributed by atoms with Gasteiger partial charge in [0.2, 0.25) is 0 Å². The van der Waals surface area contributed by atoms with Crippen molar-refractivity contribution in [3.8, 4) is 22.3 Å². The van der Waals surface area contributed by atoms with Crippen LogP contribution in [0.15, 0.2) is 103 Å². The molecule has 5 heteroatoms. The number of ether oxygens (including phenoxy) is 1. The molecule has 0 aliphatic rings. The second kappa shape index (κ2) is 11.5. The summed E-state index contributed by atoms with van der Waals surface area (Å²) in [4.78, 5) is 37.1. The molecule has 0 fully saturated rings. The summed E-state index contributed by atoms with van der Waals surface area (Å²) in [6, 6.07) is 31.9. The van der Waals surface area contributed by atoms with Crippen LogP contribution in [0.2, 0.25) is 0 Å². The van der Waals surface area contributed by atoms with Crippen molar-refractivity contribution in [3.63, 3.8) is 0 Å². The van der Waals surface area contributed by atoms with Crippen LogP contribution in [0, 0.1) is 5.41 Å². The first kappa shape index (κ1) is 25.6. The summed E-state index contributed by atoms with van der Waals surface area (Å²) in [5.74, 6) is -0.706. The fraction of sp³-hybridized carbons (Fsp3) is 0.156. The molecule has 4 rings (SSSR count). The Bertz CT molecular complexity index is 1380. The number of hydrogen-bond donors (Lipinski definition) is 1. The van der Waals surface area contributed by atoms with Gasteiger partial charge in [-0.05, 0) is 40.5 Å². The van der Waals surface area contributed by atoms with Gasteiger partial charge in [0.25, 0.3) is 5.91 Å². The molecular formula is C32H29NO4. The van der Waals surface area contributed by atoms with Crippen molar-refractivity contribution in [2.24, 2.45) is 5.41 Å². The Balaban J connectivity index is 1.37. The third-order valence-electron chi connectivity index (χ3n) is 6.06. The lowest BCUT2D eigenvalue weighted by atomic mass is 9.93. The normalized spacial score (nSPS) is 11.0. The number of carbonyl (C=O) groups excluding carboxylic acids is 3. The van der Waals surface area contributed by atoms with Crippen LogP contribution in [0.4, 0.5) is 0 Å². The van der Waals surface area contributed by atoms with Gasteiger partial charge in [-0.1, -0.05) is 98.8 Å². The van der Waals surface area contributed by atoms with Gasteiger partial charge >= 0.3 is 5.97 Å². The lowest BCUT2D eigenvalue weighted by Crippen LogP contribution is -2.37. The maximum Gasteiger partial charge on any atom is 0.338 e. The Kier molecular flexibility index (Phi) is 7.94. The van der Waals surface area contributed by atoms with Crippen molar-refractivity contribution >= 4 is 18.2 Å². The van der Waals surface area contributed by atoms with E-state index in [9.17, 15) is 14.4 Å². The van der Waals surface area contributed by atoms with Crippen molar-refractivity contribution in [2.45, 2.75) is 13.8 Å². The Morgan fingerprint density at radius 1 is 0.784 bits per heavy atom. The largest absolute Gasteiger partial charge is 0.461 e. The molecule has 0 saturated heterocycles. The average Bonchev–Trinajstić information content (AvgIpc) is 2.95. The van der Waals surface area contributed by atoms with Crippen molar-refractivity contribution in [3.05, 3.63) is 120 Å². The molecule has 0 aliphatic carbocycles. The van der Waals surface area contributed by atoms with Crippen LogP contribution in [0.1, 0.15) is 44.9 Å². The molecule has 186 valence electrons. The number of rotatable bonds is 9. The molecule has 5 nitrogen and oxygen atoms in total. The van der Waals surface area contributed by atoms with Crippen molar-refractivity contribution < 1.29 is 19.1 Å². The molecule has 0 saturated carbocycles. The number of carbonyl (C=O) groups is 3. The van der Waals surface area contributed by atoms with E-state index in [1.807, 2.05) is 86.6 Å². The van der Waals surface area contributed by atoms with E-state index in [1.165, 1.54) is 0 Å². The summed E-state index contributed by atoms with van der Waals surface area (Å²) in [6.07, 6.45) is 0.724. The monoisotopic (exact) mass is 491 g/mol. The van der Waals surface area contributed by atoms with Gasteiger partial charge in [0, 0.05) is 23.1 Å². The van der Waals surface area contributed by atoms with Crippen LogP contribution in [0.5, 0.6) is 0 Å². The summed E-state index contributed by atoms with van der Waals surface area (Å²) in [5.41, 5.74) is 4.53. The van der Waals surface area contributed by atoms with E-state index >= 15 is 0 Å². The number of benzene rings is 4. The van der Waals surface area contributed by atoms with Gasteiger partial charge in [0.15, 0.2) is 0 Å². The summed E-state index contributed by atoms with van der Waals surface area (Å²) in [5, 5.41) is 2.94. The highest BCUT2D eigenvalue weighted by atomic mass is 16.5. The third-order valence-corrected chi connectivity index (χ3v) is 6.06. The van der Waals surface area contributed by atoms with E-state index in [-0.39, 0.29) is 19.1 Å². The zero-order valence-corrected chi connectivity index (χ0v) is 20.9. The number of amides is 1. The van der Waals surface area contributed by atoms with Gasteiger partial charge in [0.05, 0.1) is 12.2 Å². The van der Waals surface area contributed by atoms with Crippen LogP contribution >= 0.6 is 0 Å². The molecule has 4 aromatic carbocycles. The zero-order chi connectivity index (χ0) is 26.3. The van der Waals surface area contributed by atoms with Crippen molar-refractivity contribution in [1.82, 2.24) is 5.32 Å². The minimum absolute atomic E-state index is 0.131. The summed E-state index contributed by atoms with van der Waals surface area (Å²) in [7, 11) is 0. The van der Waals surface area contributed by atoms with Crippen LogP contribution < -0.4 is 5.32 Å². The first-order valence-corrected chi connectivity index (χ1v) is 12.1. The van der Waals surface area contributed by atoms with Gasteiger partial charge < -0.3 is 10.1 Å². The molecule has 0 aliphatic heterocycles. The average molecular weight is 492 g/mol. The van der Waals surface area contributed by atoms with Gasteiger partial charge in [-0.15, -0.1) is 0 Å². The predicted molar refractivity (Wildman–Crippen MR) is 146 cm³/mol. The first-order valence-electron chi connectivity index (χ1n) is 12.1. The standard InChI is InChI=1S/C32H29NO4/c1-32(2,22-37-31(36)27-16-14-25(15-17-27)24-9-5-3-6-10-24)21-33-30(35)29-19-23(20-34)13-18-28(29)26-11-7-4-8-12-26/h3-20H,21-22H2,1-2H3,(H,33,35). The third kappa shape index (κ3) is 6.58. The van der Waals surface area contributed by atoms with Gasteiger partial charge in [0.1, 0.15) is 6.29 Å². The maximum absolute atomic E-state index is 13.1. The second-order valence-corrected chi connectivity index (χ2v) is 9.66. The Morgan fingerprint density at radius 3 is 2.00 bits per heavy atom. The lowest BCUT2D eigenvalue weighted by Gasteiger charge is -2.25. The topological polar surface area (TPSA) is 72.5 Å². The molecule has 37 heavy (non-hydrogen) atoms. The minimum atomic E-state index is -0.509. The smallest absolute Gasteiger partial charge is 0.338 e. The van der Waals surface area contributed by atoms with E-state index in [2.05, 4.69) is 5.32 Å². The van der Waals surface area contributed by atoms with E-state index in [0.717, 1.165) is 28.5 Å². The van der Waals surface area contributed by atoms with Crippen LogP contribution in [0.3, 0.4) is 0 Å². The van der Waals surface area contributed by atoms with Crippen LogP contribution in [-0.4, -0.2) is 31.3 Å². The van der Waals surface area contributed by atoms with E-state index in [1.54, 1.807) is 30.3 Å². The molecule has 0 radical (unpaired) electrons. The predicted octanol–water partition coefficient (Wildman–Crippen LogP) is 6.45. The van der Waals surface area contributed by atoms with Gasteiger partial charge in [-0.2, -0.15) is 0 Å². The van der Waals surface area contributed by atoms with E-state index in [0.29, 0.717) is 16.7 Å². The molecule has 0 heterocycles. The highest BCUT2D eigenvalue weighted by Crippen LogP contribution is 2.25. The molecule has 0 aromatic heterocycles. The number of esters is 1. The van der Waals surface area contributed by atoms with E-state index < -0.39 is 11.4 Å². The number of hydrogen-bond acceptors (Lipinski definition) is 4. The molecule has 0 spiro atoms. The van der Waals surface area contributed by atoms with Crippen molar-refractivity contribution in [1.29, 1.82) is 0 Å². The molecule has 0 unspecified atom stereocenters. The summed E-state index contributed by atoms with van der Waals surface area (Å²) >= 11 is 0. The molecule has 0 atom stereocenters. The first-order chi connectivity index (χ1) is 17.9. The number of nitrogens with one attached hydrogen (secondary N) is 1. The highest BCUT2D eigenvalue weighted by Gasteiger charge is 2.23. The summed E-state index contributed by atoms with van der Waals surface area (Å²) < 4.78 is 5.57. The lowest BCUT2D eigenvalue weighted by molar-refractivity contribution is 0.0341. The molecule has 1 amide bonds. The molecular weight excluding hydrogens is 462 g/mol. The van der Waals surface area contributed by atoms with Gasteiger partial charge in [-0.25, -0.2) is 4.79 Å². The van der Waals surface area contributed by atoms with Crippen LogP contribution in [0.25, 0.3) is 22.3 Å². The van der Waals surface area contributed by atoms with Gasteiger partial charge in [-0.3, -0.25) is 9.59 Å². The molecule has 4 aromatic rings. The summed E-state index contributed by atoms with van der Waals surface area (Å²) in [6.45, 7) is 4.25. The molecule has 1 N–H and O–H groups in total. The maximum atomic E-state index is 13.1.